The SMILES string of the molecule is CCC(C(=O)Cc1c(C)cccc1C)[N+]1(Cc2cccc(O)c2)CCCCC1.[Y]. The third-order valence-electron chi connectivity index (χ3n) is 6.53. The van der Waals surface area contributed by atoms with Gasteiger partial charge < -0.3 is 9.59 Å². The van der Waals surface area contributed by atoms with Crippen molar-refractivity contribution >= 4 is 5.78 Å². The molecule has 3 nitrogen and oxygen atoms in total. The predicted octanol–water partition coefficient (Wildman–Crippen LogP) is 5.10. The summed E-state index contributed by atoms with van der Waals surface area (Å²) in [7, 11) is 0. The molecule has 1 atom stereocenters. The Morgan fingerprint density at radius 1 is 1.03 bits per heavy atom. The van der Waals surface area contributed by atoms with Crippen molar-refractivity contribution in [3.8, 4) is 5.75 Å². The molecule has 0 spiro atoms. The van der Waals surface area contributed by atoms with Crippen molar-refractivity contribution in [3.05, 3.63) is 64.7 Å². The van der Waals surface area contributed by atoms with E-state index in [9.17, 15) is 9.90 Å². The van der Waals surface area contributed by atoms with Gasteiger partial charge in [-0.05, 0) is 61.9 Å². The molecule has 0 saturated carbocycles. The number of quaternary nitrogens is 1. The van der Waals surface area contributed by atoms with Gasteiger partial charge >= 0.3 is 0 Å². The Bertz CT molecular complexity index is 807. The summed E-state index contributed by atoms with van der Waals surface area (Å²) >= 11 is 0. The third kappa shape index (κ3) is 5.77. The fourth-order valence-corrected chi connectivity index (χ4v) is 5.08. The van der Waals surface area contributed by atoms with Crippen LogP contribution in [0.15, 0.2) is 42.5 Å². The van der Waals surface area contributed by atoms with Crippen LogP contribution in [-0.2, 0) is 50.5 Å². The number of hydrogen-bond acceptors (Lipinski definition) is 2. The maximum atomic E-state index is 13.5. The monoisotopic (exact) mass is 469 g/mol. The number of aryl methyl sites for hydroxylation is 2. The third-order valence-corrected chi connectivity index (χ3v) is 6.53. The first-order chi connectivity index (χ1) is 13.4. The summed E-state index contributed by atoms with van der Waals surface area (Å²) in [5.41, 5.74) is 4.74. The summed E-state index contributed by atoms with van der Waals surface area (Å²) in [6.07, 6.45) is 4.99. The molecule has 0 amide bonds. The largest absolute Gasteiger partial charge is 0.508 e. The molecule has 29 heavy (non-hydrogen) atoms. The van der Waals surface area contributed by atoms with E-state index in [2.05, 4.69) is 45.0 Å². The van der Waals surface area contributed by atoms with Crippen molar-refractivity contribution in [1.29, 1.82) is 0 Å². The minimum atomic E-state index is 0. The zero-order valence-corrected chi connectivity index (χ0v) is 21.0. The summed E-state index contributed by atoms with van der Waals surface area (Å²) in [4.78, 5) is 13.5. The molecular weight excluding hydrogens is 435 g/mol. The van der Waals surface area contributed by atoms with Gasteiger partial charge in [0, 0.05) is 51.1 Å². The topological polar surface area (TPSA) is 37.3 Å². The van der Waals surface area contributed by atoms with E-state index in [1.807, 2.05) is 12.1 Å². The van der Waals surface area contributed by atoms with Crippen LogP contribution in [0.3, 0.4) is 0 Å². The minimum Gasteiger partial charge on any atom is -0.508 e. The van der Waals surface area contributed by atoms with Crippen LogP contribution in [0.5, 0.6) is 5.75 Å². The number of rotatable bonds is 7. The fraction of sp³-hybridized carbons (Fsp3) is 0.480. The number of hydrogen-bond donors (Lipinski definition) is 1. The number of Topliss-reactive ketones (excluding diaryl/α,β-unsaturated/α-hetero) is 1. The molecule has 1 radical (unpaired) electrons. The smallest absolute Gasteiger partial charge is 0.194 e. The van der Waals surface area contributed by atoms with Gasteiger partial charge in [0.25, 0.3) is 0 Å². The summed E-state index contributed by atoms with van der Waals surface area (Å²) < 4.78 is 0.837. The van der Waals surface area contributed by atoms with E-state index in [0.29, 0.717) is 18.0 Å². The normalized spacial score (nSPS) is 16.7. The number of carbonyl (C=O) groups excluding carboxylic acids is 1. The van der Waals surface area contributed by atoms with E-state index in [4.69, 9.17) is 0 Å². The first kappa shape index (κ1) is 24.2. The Morgan fingerprint density at radius 2 is 1.66 bits per heavy atom. The second kappa shape index (κ2) is 10.8. The zero-order valence-electron chi connectivity index (χ0n) is 18.2. The summed E-state index contributed by atoms with van der Waals surface area (Å²) in [6.45, 7) is 9.29. The second-order valence-electron chi connectivity index (χ2n) is 8.49. The van der Waals surface area contributed by atoms with Crippen LogP contribution in [0.25, 0.3) is 0 Å². The van der Waals surface area contributed by atoms with E-state index < -0.39 is 0 Å². The molecule has 3 rings (SSSR count). The van der Waals surface area contributed by atoms with Gasteiger partial charge in [-0.2, -0.15) is 0 Å². The predicted molar refractivity (Wildman–Crippen MR) is 114 cm³/mol. The number of nitrogens with zero attached hydrogens (tertiary/aromatic N) is 1. The number of phenols is 1. The van der Waals surface area contributed by atoms with Crippen LogP contribution in [0.4, 0.5) is 0 Å². The van der Waals surface area contributed by atoms with Gasteiger partial charge in [0.1, 0.15) is 18.3 Å². The van der Waals surface area contributed by atoms with Gasteiger partial charge in [-0.15, -0.1) is 0 Å². The average molecular weight is 469 g/mol. The summed E-state index contributed by atoms with van der Waals surface area (Å²) in [5, 5.41) is 9.91. The number of aromatic hydroxyl groups is 1. The number of ketones is 1. The number of piperidine rings is 1. The van der Waals surface area contributed by atoms with Crippen LogP contribution in [0.2, 0.25) is 0 Å². The average Bonchev–Trinajstić information content (AvgIpc) is 2.66. The van der Waals surface area contributed by atoms with E-state index in [0.717, 1.165) is 36.1 Å². The number of carbonyl (C=O) groups is 1. The molecule has 2 aromatic rings. The van der Waals surface area contributed by atoms with Crippen LogP contribution >= 0.6 is 0 Å². The Balaban J connectivity index is 0.00000300. The van der Waals surface area contributed by atoms with E-state index >= 15 is 0 Å². The van der Waals surface area contributed by atoms with E-state index in [1.54, 1.807) is 6.07 Å². The molecule has 1 saturated heterocycles. The molecule has 4 heteroatoms. The van der Waals surface area contributed by atoms with Crippen molar-refractivity contribution < 1.29 is 47.1 Å². The van der Waals surface area contributed by atoms with Gasteiger partial charge in [-0.25, -0.2) is 0 Å². The van der Waals surface area contributed by atoms with Crippen molar-refractivity contribution in [2.24, 2.45) is 0 Å². The Labute approximate surface area is 201 Å². The maximum absolute atomic E-state index is 13.5. The van der Waals surface area contributed by atoms with E-state index in [-0.39, 0.29) is 38.8 Å². The molecule has 2 aromatic carbocycles. The molecular formula is C25H34NO2Y+. The van der Waals surface area contributed by atoms with Crippen LogP contribution in [0, 0.1) is 13.8 Å². The molecule has 0 bridgehead atoms. The quantitative estimate of drug-likeness (QED) is 0.573. The van der Waals surface area contributed by atoms with Crippen molar-refractivity contribution in [2.45, 2.75) is 65.5 Å². The second-order valence-corrected chi connectivity index (χ2v) is 8.49. The Hall–Kier alpha value is -1.03. The van der Waals surface area contributed by atoms with Gasteiger partial charge in [0.2, 0.25) is 0 Å². The molecule has 0 aromatic heterocycles. The molecule has 0 aliphatic carbocycles. The van der Waals surface area contributed by atoms with Crippen molar-refractivity contribution in [3.63, 3.8) is 0 Å². The van der Waals surface area contributed by atoms with Gasteiger partial charge in [0.05, 0.1) is 13.1 Å². The van der Waals surface area contributed by atoms with Crippen LogP contribution in [0.1, 0.15) is 54.9 Å². The molecule has 1 heterocycles. The van der Waals surface area contributed by atoms with E-state index in [1.165, 1.54) is 36.0 Å². The summed E-state index contributed by atoms with van der Waals surface area (Å²) in [5.74, 6) is 0.671. The maximum Gasteiger partial charge on any atom is 0.194 e. The number of phenolic OH excluding ortho intramolecular Hbond substituents is 1. The molecule has 1 fully saturated rings. The minimum absolute atomic E-state index is 0. The van der Waals surface area contributed by atoms with Crippen LogP contribution < -0.4 is 0 Å². The first-order valence-electron chi connectivity index (χ1n) is 10.7. The Morgan fingerprint density at radius 3 is 2.24 bits per heavy atom. The summed E-state index contributed by atoms with van der Waals surface area (Å²) in [6, 6.07) is 13.9. The molecule has 153 valence electrons. The zero-order chi connectivity index (χ0) is 20.1. The fourth-order valence-electron chi connectivity index (χ4n) is 5.08. The molecule has 1 aliphatic rings. The number of likely N-dealkylation sites (tertiary alicyclic amines) is 1. The van der Waals surface area contributed by atoms with Gasteiger partial charge in [0.15, 0.2) is 5.78 Å². The van der Waals surface area contributed by atoms with Gasteiger partial charge in [-0.3, -0.25) is 4.79 Å². The van der Waals surface area contributed by atoms with Crippen molar-refractivity contribution in [2.75, 3.05) is 13.1 Å². The Kier molecular flexibility index (Phi) is 9.06. The molecule has 1 aliphatic heterocycles. The van der Waals surface area contributed by atoms with Crippen molar-refractivity contribution in [1.82, 2.24) is 0 Å². The standard InChI is InChI=1S/C25H33NO2.Y/c1-4-24(25(28)17-23-19(2)10-8-11-20(23)3)26(14-6-5-7-15-26)18-21-12-9-13-22(27)16-21;/h8-13,16,24H,4-7,14-15,17-18H2,1-3H3;/p+1. The molecule has 1 unspecified atom stereocenters. The molecule has 1 N–H and O–H groups in total. The first-order valence-corrected chi connectivity index (χ1v) is 10.7. The van der Waals surface area contributed by atoms with Crippen LogP contribution in [-0.4, -0.2) is 34.5 Å². The number of benzene rings is 2. The van der Waals surface area contributed by atoms with Gasteiger partial charge in [-0.1, -0.05) is 37.3 Å².